The lowest BCUT2D eigenvalue weighted by Crippen LogP contribution is -2.32. The number of carbonyl (C=O) groups excluding carboxylic acids is 2. The smallest absolute Gasteiger partial charge is 0.338 e. The second kappa shape index (κ2) is 14.4. The minimum Gasteiger partial charge on any atom is -0.462 e. The van der Waals surface area contributed by atoms with Gasteiger partial charge >= 0.3 is 5.97 Å². The highest BCUT2D eigenvalue weighted by Gasteiger charge is 2.22. The Balaban J connectivity index is 1.88. The number of carbonyl (C=O) groups is 2. The van der Waals surface area contributed by atoms with Crippen LogP contribution in [0.15, 0.2) is 48.5 Å². The number of esters is 1. The summed E-state index contributed by atoms with van der Waals surface area (Å²) in [6.45, 7) is 7.08. The number of aryl methyl sites for hydroxylation is 1. The quantitative estimate of drug-likeness (QED) is 0.229. The van der Waals surface area contributed by atoms with E-state index >= 15 is 0 Å². The van der Waals surface area contributed by atoms with E-state index in [-0.39, 0.29) is 5.91 Å². The van der Waals surface area contributed by atoms with Crippen molar-refractivity contribution in [3.63, 3.8) is 0 Å². The van der Waals surface area contributed by atoms with Crippen LogP contribution < -0.4 is 4.90 Å². The van der Waals surface area contributed by atoms with Gasteiger partial charge in [-0.3, -0.25) is 4.79 Å². The number of hydrogen-bond donors (Lipinski definition) is 0. The fourth-order valence-corrected chi connectivity index (χ4v) is 3.89. The van der Waals surface area contributed by atoms with E-state index in [9.17, 15) is 9.59 Å². The summed E-state index contributed by atoms with van der Waals surface area (Å²) in [6.07, 6.45) is 10.9. The first-order valence-electron chi connectivity index (χ1n) is 12.2. The average molecular weight is 438 g/mol. The van der Waals surface area contributed by atoms with Crippen molar-refractivity contribution in [2.45, 2.75) is 78.6 Å². The summed E-state index contributed by atoms with van der Waals surface area (Å²) in [4.78, 5) is 27.7. The van der Waals surface area contributed by atoms with E-state index in [1.54, 1.807) is 29.2 Å². The van der Waals surface area contributed by atoms with Crippen LogP contribution in [0, 0.1) is 6.92 Å². The van der Waals surface area contributed by atoms with E-state index in [0.29, 0.717) is 24.3 Å². The highest BCUT2D eigenvalue weighted by atomic mass is 16.5. The van der Waals surface area contributed by atoms with Crippen LogP contribution in [-0.4, -0.2) is 25.0 Å². The molecule has 0 saturated heterocycles. The number of hydrogen-bond acceptors (Lipinski definition) is 3. The molecule has 4 heteroatoms. The number of anilines is 1. The zero-order chi connectivity index (χ0) is 23.2. The third-order valence-corrected chi connectivity index (χ3v) is 5.73. The Labute approximate surface area is 194 Å². The molecule has 0 spiro atoms. The normalized spacial score (nSPS) is 10.7. The van der Waals surface area contributed by atoms with Gasteiger partial charge in [0.15, 0.2) is 0 Å². The van der Waals surface area contributed by atoms with Gasteiger partial charge in [-0.2, -0.15) is 0 Å². The van der Waals surface area contributed by atoms with E-state index < -0.39 is 5.97 Å². The molecule has 0 bridgehead atoms. The molecular formula is C28H39NO3. The van der Waals surface area contributed by atoms with Crippen LogP contribution in [0.4, 0.5) is 5.69 Å². The summed E-state index contributed by atoms with van der Waals surface area (Å²) in [6, 6.07) is 14.8. The van der Waals surface area contributed by atoms with Gasteiger partial charge in [-0.05, 0) is 50.1 Å². The van der Waals surface area contributed by atoms with Gasteiger partial charge in [0.25, 0.3) is 5.91 Å². The molecule has 0 heterocycles. The van der Waals surface area contributed by atoms with Crippen molar-refractivity contribution < 1.29 is 14.3 Å². The Bertz CT molecular complexity index is 846. The molecule has 2 aromatic carbocycles. The van der Waals surface area contributed by atoms with Gasteiger partial charge in [-0.1, -0.05) is 82.6 Å². The van der Waals surface area contributed by atoms with E-state index in [4.69, 9.17) is 4.74 Å². The van der Waals surface area contributed by atoms with Crippen LogP contribution in [-0.2, 0) is 4.74 Å². The monoisotopic (exact) mass is 437 g/mol. The summed E-state index contributed by atoms with van der Waals surface area (Å²) >= 11 is 0. The Kier molecular flexibility index (Phi) is 11.6. The minimum absolute atomic E-state index is 0.186. The molecule has 0 unspecified atom stereocenters. The first-order valence-corrected chi connectivity index (χ1v) is 12.2. The number of rotatable bonds is 14. The van der Waals surface area contributed by atoms with Gasteiger partial charge in [0.05, 0.1) is 17.7 Å². The maximum atomic E-state index is 13.3. The summed E-state index contributed by atoms with van der Waals surface area (Å²) < 4.78 is 5.51. The molecule has 32 heavy (non-hydrogen) atoms. The Morgan fingerprint density at radius 1 is 0.781 bits per heavy atom. The number of ether oxygens (including phenoxy) is 1. The predicted molar refractivity (Wildman–Crippen MR) is 132 cm³/mol. The molecule has 0 aromatic heterocycles. The topological polar surface area (TPSA) is 46.6 Å². The molecule has 174 valence electrons. The van der Waals surface area contributed by atoms with Crippen LogP contribution in [0.1, 0.15) is 97.9 Å². The SMILES string of the molecule is CCCCCCCCCCCOC(=O)c1ccccc1C(=O)N(CC)c1cccc(C)c1. The molecule has 0 aliphatic rings. The predicted octanol–water partition coefficient (Wildman–Crippen LogP) is 7.35. The first-order chi connectivity index (χ1) is 15.6. The number of unbranched alkanes of at least 4 members (excludes halogenated alkanes) is 8. The summed E-state index contributed by atoms with van der Waals surface area (Å²) in [5.74, 6) is -0.609. The summed E-state index contributed by atoms with van der Waals surface area (Å²) in [5, 5.41) is 0. The van der Waals surface area contributed by atoms with Crippen molar-refractivity contribution in [1.82, 2.24) is 0 Å². The van der Waals surface area contributed by atoms with E-state index in [1.807, 2.05) is 38.1 Å². The molecule has 0 N–H and O–H groups in total. The van der Waals surface area contributed by atoms with Gasteiger partial charge in [0.2, 0.25) is 0 Å². The average Bonchev–Trinajstić information content (AvgIpc) is 2.80. The van der Waals surface area contributed by atoms with Crippen LogP contribution >= 0.6 is 0 Å². The van der Waals surface area contributed by atoms with E-state index in [0.717, 1.165) is 24.1 Å². The Hall–Kier alpha value is -2.62. The molecule has 2 rings (SSSR count). The van der Waals surface area contributed by atoms with Crippen molar-refractivity contribution in [1.29, 1.82) is 0 Å². The third-order valence-electron chi connectivity index (χ3n) is 5.73. The summed E-state index contributed by atoms with van der Waals surface area (Å²) in [5.41, 5.74) is 2.63. The van der Waals surface area contributed by atoms with E-state index in [1.165, 1.54) is 44.9 Å². The van der Waals surface area contributed by atoms with Crippen LogP contribution in [0.3, 0.4) is 0 Å². The second-order valence-corrected chi connectivity index (χ2v) is 8.40. The molecule has 4 nitrogen and oxygen atoms in total. The van der Waals surface area contributed by atoms with Crippen molar-refractivity contribution in [3.8, 4) is 0 Å². The molecule has 0 aliphatic carbocycles. The number of nitrogens with zero attached hydrogens (tertiary/aromatic N) is 1. The lowest BCUT2D eigenvalue weighted by atomic mass is 10.1. The Morgan fingerprint density at radius 2 is 1.41 bits per heavy atom. The van der Waals surface area contributed by atoms with Gasteiger partial charge in [0, 0.05) is 12.2 Å². The first kappa shape index (κ1) is 25.6. The maximum Gasteiger partial charge on any atom is 0.338 e. The van der Waals surface area contributed by atoms with Crippen molar-refractivity contribution in [2.24, 2.45) is 0 Å². The molecular weight excluding hydrogens is 398 g/mol. The van der Waals surface area contributed by atoms with Gasteiger partial charge in [-0.15, -0.1) is 0 Å². The number of amides is 1. The molecule has 0 aliphatic heterocycles. The van der Waals surface area contributed by atoms with Crippen molar-refractivity contribution >= 4 is 17.6 Å². The molecule has 0 saturated carbocycles. The maximum absolute atomic E-state index is 13.3. The van der Waals surface area contributed by atoms with Crippen molar-refractivity contribution in [2.75, 3.05) is 18.1 Å². The second-order valence-electron chi connectivity index (χ2n) is 8.40. The highest BCUT2D eigenvalue weighted by Crippen LogP contribution is 2.21. The van der Waals surface area contributed by atoms with E-state index in [2.05, 4.69) is 6.92 Å². The third kappa shape index (κ3) is 8.14. The lowest BCUT2D eigenvalue weighted by Gasteiger charge is -2.22. The largest absolute Gasteiger partial charge is 0.462 e. The van der Waals surface area contributed by atoms with Crippen LogP contribution in [0.25, 0.3) is 0 Å². The molecule has 0 fully saturated rings. The molecule has 2 aromatic rings. The zero-order valence-corrected chi connectivity index (χ0v) is 20.1. The Morgan fingerprint density at radius 3 is 2.03 bits per heavy atom. The number of benzene rings is 2. The molecule has 0 radical (unpaired) electrons. The summed E-state index contributed by atoms with van der Waals surface area (Å²) in [7, 11) is 0. The zero-order valence-electron chi connectivity index (χ0n) is 20.1. The molecule has 0 atom stereocenters. The fourth-order valence-electron chi connectivity index (χ4n) is 3.89. The van der Waals surface area contributed by atoms with Gasteiger partial charge < -0.3 is 9.64 Å². The van der Waals surface area contributed by atoms with Crippen molar-refractivity contribution in [3.05, 3.63) is 65.2 Å². The minimum atomic E-state index is -0.422. The van der Waals surface area contributed by atoms with Crippen LogP contribution in [0.2, 0.25) is 0 Å². The van der Waals surface area contributed by atoms with Gasteiger partial charge in [-0.25, -0.2) is 4.79 Å². The highest BCUT2D eigenvalue weighted by molar-refractivity contribution is 6.12. The standard InChI is InChI=1S/C28H39NO3/c1-4-6-7-8-9-10-11-12-15-21-32-28(31)26-20-14-13-19-25(26)27(30)29(5-2)24-18-16-17-23(3)22-24/h13-14,16-20,22H,4-12,15,21H2,1-3H3. The lowest BCUT2D eigenvalue weighted by molar-refractivity contribution is 0.0494. The fraction of sp³-hybridized carbons (Fsp3) is 0.500. The van der Waals surface area contributed by atoms with Gasteiger partial charge in [0.1, 0.15) is 0 Å². The van der Waals surface area contributed by atoms with Crippen LogP contribution in [0.5, 0.6) is 0 Å². The molecule has 1 amide bonds.